The molecule has 23 heavy (non-hydrogen) atoms. The Morgan fingerprint density at radius 3 is 2.52 bits per heavy atom. The van der Waals surface area contributed by atoms with Crippen LogP contribution in [0.4, 0.5) is 5.69 Å². The highest BCUT2D eigenvalue weighted by Crippen LogP contribution is 2.38. The molecule has 0 bridgehead atoms. The summed E-state index contributed by atoms with van der Waals surface area (Å²) < 4.78 is 0. The lowest BCUT2D eigenvalue weighted by Gasteiger charge is -2.36. The van der Waals surface area contributed by atoms with Crippen molar-refractivity contribution in [2.45, 2.75) is 19.9 Å². The number of carboxylic acid groups (broad SMARTS) is 1. The molecule has 1 heterocycles. The third kappa shape index (κ3) is 2.79. The van der Waals surface area contributed by atoms with Crippen LogP contribution in [0, 0.1) is 18.3 Å². The number of nitrogens with zero attached hydrogens (tertiary/aromatic N) is 2. The van der Waals surface area contributed by atoms with Gasteiger partial charge >= 0.3 is 5.97 Å². The largest absolute Gasteiger partial charge is 0.478 e. The van der Waals surface area contributed by atoms with Gasteiger partial charge in [-0.2, -0.15) is 5.26 Å². The van der Waals surface area contributed by atoms with Gasteiger partial charge in [-0.3, -0.25) is 4.79 Å². The first-order valence-corrected chi connectivity index (χ1v) is 7.07. The molecule has 0 saturated carbocycles. The van der Waals surface area contributed by atoms with Gasteiger partial charge in [0.05, 0.1) is 21.8 Å². The minimum Gasteiger partial charge on any atom is -0.478 e. The first kappa shape index (κ1) is 16.6. The number of amides is 1. The molecule has 1 aromatic rings. The minimum atomic E-state index is -1.26. The fourth-order valence-electron chi connectivity index (χ4n) is 2.54. The summed E-state index contributed by atoms with van der Waals surface area (Å²) in [5.41, 5.74) is 7.01. The van der Waals surface area contributed by atoms with E-state index in [1.807, 2.05) is 0 Å². The summed E-state index contributed by atoms with van der Waals surface area (Å²) in [5.74, 6) is -2.10. The van der Waals surface area contributed by atoms with Gasteiger partial charge in [-0.15, -0.1) is 0 Å². The van der Waals surface area contributed by atoms with Crippen molar-refractivity contribution in [3.8, 4) is 6.07 Å². The summed E-state index contributed by atoms with van der Waals surface area (Å²) in [6.45, 7) is 3.42. The van der Waals surface area contributed by atoms with Crippen LogP contribution in [0.15, 0.2) is 35.6 Å². The van der Waals surface area contributed by atoms with Crippen molar-refractivity contribution in [3.05, 3.63) is 51.7 Å². The van der Waals surface area contributed by atoms with E-state index in [1.54, 1.807) is 32.1 Å². The van der Waals surface area contributed by atoms with Gasteiger partial charge in [0.2, 0.25) is 5.91 Å². The SMILES string of the molecule is CC1=CC=C(C(=O)O)C(C(N)=O)N1c1c(Cl)ccc(C)c1C#N. The normalized spacial score (nSPS) is 17.1. The molecule has 1 amide bonds. The zero-order valence-corrected chi connectivity index (χ0v) is 13.3. The third-order valence-corrected chi connectivity index (χ3v) is 3.95. The highest BCUT2D eigenvalue weighted by atomic mass is 35.5. The topological polar surface area (TPSA) is 107 Å². The van der Waals surface area contributed by atoms with E-state index in [2.05, 4.69) is 6.07 Å². The van der Waals surface area contributed by atoms with Crippen LogP contribution >= 0.6 is 11.6 Å². The molecule has 1 aliphatic heterocycles. The number of hydrogen-bond acceptors (Lipinski definition) is 4. The second-order valence-corrected chi connectivity index (χ2v) is 5.52. The molecular formula is C16H14ClN3O3. The number of allylic oxidation sites excluding steroid dienone is 3. The summed E-state index contributed by atoms with van der Waals surface area (Å²) in [5, 5.41) is 19.0. The number of carboxylic acids is 1. The number of carbonyl (C=O) groups excluding carboxylic acids is 1. The van der Waals surface area contributed by atoms with Crippen molar-refractivity contribution in [2.24, 2.45) is 5.73 Å². The van der Waals surface area contributed by atoms with Crippen LogP contribution < -0.4 is 10.6 Å². The first-order valence-electron chi connectivity index (χ1n) is 6.69. The van der Waals surface area contributed by atoms with Crippen LogP contribution in [-0.2, 0) is 9.59 Å². The molecule has 118 valence electrons. The maximum Gasteiger partial charge on any atom is 0.334 e. The number of carbonyl (C=O) groups is 2. The average molecular weight is 332 g/mol. The molecule has 0 spiro atoms. The van der Waals surface area contributed by atoms with Gasteiger partial charge in [-0.25, -0.2) is 4.79 Å². The molecule has 0 fully saturated rings. The average Bonchev–Trinajstić information content (AvgIpc) is 2.48. The van der Waals surface area contributed by atoms with Crippen molar-refractivity contribution < 1.29 is 14.7 Å². The number of primary amides is 1. The van der Waals surface area contributed by atoms with Crippen molar-refractivity contribution in [1.29, 1.82) is 5.26 Å². The Bertz CT molecular complexity index is 806. The van der Waals surface area contributed by atoms with E-state index in [1.165, 1.54) is 11.0 Å². The Morgan fingerprint density at radius 1 is 1.35 bits per heavy atom. The maximum atomic E-state index is 11.9. The van der Waals surface area contributed by atoms with Gasteiger partial charge in [-0.1, -0.05) is 17.7 Å². The lowest BCUT2D eigenvalue weighted by atomic mass is 9.96. The minimum absolute atomic E-state index is 0.176. The van der Waals surface area contributed by atoms with Crippen LogP contribution in [0.5, 0.6) is 0 Å². The van der Waals surface area contributed by atoms with Gasteiger partial charge in [0.25, 0.3) is 0 Å². The standard InChI is InChI=1S/C16H14ClN3O3/c1-8-3-6-12(17)13(11(8)7-18)20-9(2)4-5-10(16(22)23)14(20)15(19)21/h3-6,14H,1-2H3,(H2,19,21)(H,22,23). The summed E-state index contributed by atoms with van der Waals surface area (Å²) in [7, 11) is 0. The fraction of sp³-hybridized carbons (Fsp3) is 0.188. The molecule has 2 rings (SSSR count). The van der Waals surface area contributed by atoms with Crippen LogP contribution in [0.2, 0.25) is 5.02 Å². The maximum absolute atomic E-state index is 11.9. The number of nitriles is 1. The van der Waals surface area contributed by atoms with Crippen LogP contribution in [-0.4, -0.2) is 23.0 Å². The summed E-state index contributed by atoms with van der Waals surface area (Å²) in [6.07, 6.45) is 2.88. The van der Waals surface area contributed by atoms with Gasteiger partial charge < -0.3 is 15.7 Å². The summed E-state index contributed by atoms with van der Waals surface area (Å²) >= 11 is 6.24. The fourth-order valence-corrected chi connectivity index (χ4v) is 2.79. The Labute approximate surface area is 138 Å². The van der Waals surface area contributed by atoms with Crippen LogP contribution in [0.1, 0.15) is 18.1 Å². The van der Waals surface area contributed by atoms with Gasteiger partial charge in [-0.05, 0) is 37.6 Å². The van der Waals surface area contributed by atoms with Gasteiger partial charge in [0.15, 0.2) is 0 Å². The Balaban J connectivity index is 2.77. The first-order chi connectivity index (χ1) is 10.8. The predicted molar refractivity (Wildman–Crippen MR) is 85.8 cm³/mol. The van der Waals surface area contributed by atoms with Crippen molar-refractivity contribution in [2.75, 3.05) is 4.90 Å². The number of nitrogens with two attached hydrogens (primary N) is 1. The second kappa shape index (κ2) is 6.15. The molecule has 1 unspecified atom stereocenters. The molecule has 0 aliphatic carbocycles. The van der Waals surface area contributed by atoms with Crippen molar-refractivity contribution in [1.82, 2.24) is 0 Å². The van der Waals surface area contributed by atoms with Crippen molar-refractivity contribution >= 4 is 29.2 Å². The van der Waals surface area contributed by atoms with E-state index >= 15 is 0 Å². The highest BCUT2D eigenvalue weighted by Gasteiger charge is 2.37. The number of anilines is 1. The number of hydrogen-bond donors (Lipinski definition) is 2. The van der Waals surface area contributed by atoms with Crippen LogP contribution in [0.3, 0.4) is 0 Å². The number of aliphatic carboxylic acids is 1. The van der Waals surface area contributed by atoms with E-state index in [9.17, 15) is 20.0 Å². The van der Waals surface area contributed by atoms with Gasteiger partial charge in [0.1, 0.15) is 12.1 Å². The Morgan fingerprint density at radius 2 is 2.00 bits per heavy atom. The monoisotopic (exact) mass is 331 g/mol. The lowest BCUT2D eigenvalue weighted by Crippen LogP contribution is -2.48. The van der Waals surface area contributed by atoms with E-state index in [0.717, 1.165) is 0 Å². The lowest BCUT2D eigenvalue weighted by molar-refractivity contribution is -0.134. The number of benzene rings is 1. The van der Waals surface area contributed by atoms with Gasteiger partial charge in [0, 0.05) is 5.70 Å². The molecule has 3 N–H and O–H groups in total. The zero-order valence-electron chi connectivity index (χ0n) is 12.5. The quantitative estimate of drug-likeness (QED) is 0.882. The molecule has 0 radical (unpaired) electrons. The molecule has 1 aromatic carbocycles. The molecule has 1 aliphatic rings. The highest BCUT2D eigenvalue weighted by molar-refractivity contribution is 6.33. The third-order valence-electron chi connectivity index (χ3n) is 3.64. The predicted octanol–water partition coefficient (Wildman–Crippen LogP) is 2.11. The smallest absolute Gasteiger partial charge is 0.334 e. The number of halogens is 1. The Hall–Kier alpha value is -2.78. The van der Waals surface area contributed by atoms with Crippen molar-refractivity contribution in [3.63, 3.8) is 0 Å². The summed E-state index contributed by atoms with van der Waals surface area (Å²) in [4.78, 5) is 24.7. The molecule has 7 heteroatoms. The molecule has 0 aromatic heterocycles. The number of rotatable bonds is 3. The van der Waals surface area contributed by atoms with E-state index in [-0.39, 0.29) is 21.8 Å². The van der Waals surface area contributed by atoms with E-state index < -0.39 is 17.9 Å². The molecule has 1 atom stereocenters. The number of aryl methyl sites for hydroxylation is 1. The second-order valence-electron chi connectivity index (χ2n) is 5.11. The molecule has 0 saturated heterocycles. The van der Waals surface area contributed by atoms with E-state index in [0.29, 0.717) is 11.3 Å². The Kier molecular flexibility index (Phi) is 4.43. The zero-order chi connectivity index (χ0) is 17.3. The summed E-state index contributed by atoms with van der Waals surface area (Å²) in [6, 6.07) is 4.08. The van der Waals surface area contributed by atoms with Crippen LogP contribution in [0.25, 0.3) is 0 Å². The molecular weight excluding hydrogens is 318 g/mol. The van der Waals surface area contributed by atoms with E-state index in [4.69, 9.17) is 17.3 Å². The molecule has 6 nitrogen and oxygen atoms in total.